The van der Waals surface area contributed by atoms with Crippen LogP contribution in [-0.4, -0.2) is 17.7 Å². The van der Waals surface area contributed by atoms with Crippen molar-refractivity contribution in [2.75, 3.05) is 0 Å². The molecule has 0 aromatic carbocycles. The molecule has 0 aromatic rings. The molecule has 0 aliphatic rings. The molecule has 0 aliphatic heterocycles. The first kappa shape index (κ1) is 13.1. The molecule has 4 nitrogen and oxygen atoms in total. The monoisotopic (exact) mass is 208 g/mol. The van der Waals surface area contributed by atoms with Crippen molar-refractivity contribution in [3.8, 4) is 0 Å². The number of carbonyl (C=O) groups is 3. The molecule has 0 rings (SSSR count). The molecule has 0 atom stereocenters. The number of esters is 2. The summed E-state index contributed by atoms with van der Waals surface area (Å²) in [5.41, 5.74) is 0. The third kappa shape index (κ3) is 9.43. The molecular weight excluding hydrogens is 201 g/mol. The van der Waals surface area contributed by atoms with Crippen molar-refractivity contribution in [2.45, 2.75) is 20.3 Å². The van der Waals surface area contributed by atoms with Crippen LogP contribution >= 0.6 is 0 Å². The first-order valence-electron chi connectivity index (χ1n) is 2.73. The molecule has 0 bridgehead atoms. The van der Waals surface area contributed by atoms with Gasteiger partial charge in [-0.1, -0.05) is 0 Å². The molecule has 0 fully saturated rings. The molecule has 0 radical (unpaired) electrons. The molecule has 0 amide bonds. The van der Waals surface area contributed by atoms with Gasteiger partial charge in [0.25, 0.3) is 0 Å². The van der Waals surface area contributed by atoms with Crippen molar-refractivity contribution < 1.29 is 38.6 Å². The number of hydrogen-bond donors (Lipinski definition) is 0. The Hall–Kier alpha value is -0.567. The summed E-state index contributed by atoms with van der Waals surface area (Å²) in [5.74, 6) is -1.79. The van der Waals surface area contributed by atoms with Crippen molar-refractivity contribution >= 4 is 17.7 Å². The first-order valence-corrected chi connectivity index (χ1v) is 2.73. The summed E-state index contributed by atoms with van der Waals surface area (Å²) >= 11 is 0. The van der Waals surface area contributed by atoms with E-state index in [2.05, 4.69) is 4.74 Å². The molecule has 0 saturated carbocycles. The van der Waals surface area contributed by atoms with E-state index in [0.717, 1.165) is 6.92 Å². The number of ketones is 1. The topological polar surface area (TPSA) is 60.4 Å². The SMILES string of the molecule is CC(=O)CC(=O)OC(C)=O.[Zn]. The van der Waals surface area contributed by atoms with E-state index in [-0.39, 0.29) is 31.7 Å². The molecule has 0 aromatic heterocycles. The van der Waals surface area contributed by atoms with Gasteiger partial charge in [0.15, 0.2) is 0 Å². The van der Waals surface area contributed by atoms with Crippen LogP contribution in [0.5, 0.6) is 0 Å². The number of ether oxygens (including phenoxy) is 1. The van der Waals surface area contributed by atoms with Gasteiger partial charge in [0.05, 0.1) is 0 Å². The van der Waals surface area contributed by atoms with E-state index in [0.29, 0.717) is 0 Å². The van der Waals surface area contributed by atoms with E-state index in [1.807, 2.05) is 0 Å². The van der Waals surface area contributed by atoms with Gasteiger partial charge in [0.1, 0.15) is 12.2 Å². The maximum absolute atomic E-state index is 10.4. The predicted molar refractivity (Wildman–Crippen MR) is 32.1 cm³/mol. The fourth-order valence-corrected chi connectivity index (χ4v) is 0.400. The molecular formula is C6H8O4Zn. The van der Waals surface area contributed by atoms with Crippen LogP contribution in [0.3, 0.4) is 0 Å². The Morgan fingerprint density at radius 1 is 1.18 bits per heavy atom. The van der Waals surface area contributed by atoms with Gasteiger partial charge < -0.3 is 4.74 Å². The normalized spacial score (nSPS) is 7.82. The Bertz CT molecular complexity index is 157. The molecule has 58 valence electrons. The first-order chi connectivity index (χ1) is 4.52. The van der Waals surface area contributed by atoms with E-state index in [1.54, 1.807) is 0 Å². The predicted octanol–water partition coefficient (Wildman–Crippen LogP) is 0.0527. The summed E-state index contributed by atoms with van der Waals surface area (Å²) in [6, 6.07) is 0. The summed E-state index contributed by atoms with van der Waals surface area (Å²) in [4.78, 5) is 30.7. The van der Waals surface area contributed by atoms with E-state index in [9.17, 15) is 14.4 Å². The van der Waals surface area contributed by atoms with Gasteiger partial charge in [-0.15, -0.1) is 0 Å². The summed E-state index contributed by atoms with van der Waals surface area (Å²) in [6.45, 7) is 2.36. The second-order valence-electron chi connectivity index (χ2n) is 1.84. The van der Waals surface area contributed by atoms with Gasteiger partial charge in [0.2, 0.25) is 0 Å². The average molecular weight is 210 g/mol. The second-order valence-corrected chi connectivity index (χ2v) is 1.84. The Morgan fingerprint density at radius 3 is 1.91 bits per heavy atom. The zero-order valence-electron chi connectivity index (χ0n) is 6.55. The molecule has 0 spiro atoms. The maximum Gasteiger partial charge on any atom is 0.320 e. The zero-order chi connectivity index (χ0) is 8.15. The largest absolute Gasteiger partial charge is 0.393 e. The summed E-state index contributed by atoms with van der Waals surface area (Å²) < 4.78 is 4.06. The van der Waals surface area contributed by atoms with Crippen LogP contribution < -0.4 is 0 Å². The Balaban J connectivity index is 0. The van der Waals surface area contributed by atoms with Crippen LogP contribution in [0.4, 0.5) is 0 Å². The van der Waals surface area contributed by atoms with E-state index in [4.69, 9.17) is 0 Å². The fraction of sp³-hybridized carbons (Fsp3) is 0.500. The second kappa shape index (κ2) is 6.16. The van der Waals surface area contributed by atoms with Crippen molar-refractivity contribution in [3.05, 3.63) is 0 Å². The number of carbonyl (C=O) groups excluding carboxylic acids is 3. The standard InChI is InChI=1S/C6H8O4.Zn/c1-4(7)3-6(9)10-5(2)8;/h3H2,1-2H3;. The number of rotatable bonds is 2. The zero-order valence-corrected chi connectivity index (χ0v) is 9.51. The minimum absolute atomic E-state index is 0. The van der Waals surface area contributed by atoms with E-state index >= 15 is 0 Å². The third-order valence-electron chi connectivity index (χ3n) is 0.651. The number of hydrogen-bond acceptors (Lipinski definition) is 4. The van der Waals surface area contributed by atoms with Crippen LogP contribution in [0.2, 0.25) is 0 Å². The molecule has 0 unspecified atom stereocenters. The molecule has 0 saturated heterocycles. The molecule has 0 heterocycles. The van der Waals surface area contributed by atoms with Gasteiger partial charge in [0, 0.05) is 26.4 Å². The Labute approximate surface area is 77.0 Å². The Morgan fingerprint density at radius 2 is 1.64 bits per heavy atom. The fourth-order valence-electron chi connectivity index (χ4n) is 0.400. The minimum atomic E-state index is -0.792. The smallest absolute Gasteiger partial charge is 0.320 e. The van der Waals surface area contributed by atoms with Crippen LogP contribution in [0.1, 0.15) is 20.3 Å². The van der Waals surface area contributed by atoms with Crippen LogP contribution in [-0.2, 0) is 38.6 Å². The molecule has 0 aliphatic carbocycles. The van der Waals surface area contributed by atoms with Crippen LogP contribution in [0.25, 0.3) is 0 Å². The van der Waals surface area contributed by atoms with Crippen molar-refractivity contribution in [1.82, 2.24) is 0 Å². The van der Waals surface area contributed by atoms with E-state index in [1.165, 1.54) is 6.92 Å². The number of Topliss-reactive ketones (excluding diaryl/α,β-unsaturated/α-hetero) is 1. The van der Waals surface area contributed by atoms with Crippen LogP contribution in [0.15, 0.2) is 0 Å². The van der Waals surface area contributed by atoms with Gasteiger partial charge in [-0.3, -0.25) is 14.4 Å². The van der Waals surface area contributed by atoms with Crippen molar-refractivity contribution in [3.63, 3.8) is 0 Å². The quantitative estimate of drug-likeness (QED) is 0.366. The van der Waals surface area contributed by atoms with Crippen molar-refractivity contribution in [1.29, 1.82) is 0 Å². The van der Waals surface area contributed by atoms with Gasteiger partial charge >= 0.3 is 11.9 Å². The Kier molecular flexibility index (Phi) is 7.31. The summed E-state index contributed by atoms with van der Waals surface area (Å²) in [5, 5.41) is 0. The van der Waals surface area contributed by atoms with Gasteiger partial charge in [-0.05, 0) is 6.92 Å². The third-order valence-corrected chi connectivity index (χ3v) is 0.651. The molecule has 0 N–H and O–H groups in total. The maximum atomic E-state index is 10.4. The summed E-state index contributed by atoms with van der Waals surface area (Å²) in [6.07, 6.45) is -0.334. The molecule has 11 heavy (non-hydrogen) atoms. The van der Waals surface area contributed by atoms with Crippen molar-refractivity contribution in [2.24, 2.45) is 0 Å². The van der Waals surface area contributed by atoms with E-state index < -0.39 is 11.9 Å². The van der Waals surface area contributed by atoms with Crippen LogP contribution in [0, 0.1) is 0 Å². The average Bonchev–Trinajstić information content (AvgIpc) is 1.58. The summed E-state index contributed by atoms with van der Waals surface area (Å²) in [7, 11) is 0. The van der Waals surface area contributed by atoms with Gasteiger partial charge in [-0.25, -0.2) is 0 Å². The molecule has 5 heteroatoms. The minimum Gasteiger partial charge on any atom is -0.393 e. The van der Waals surface area contributed by atoms with Gasteiger partial charge in [-0.2, -0.15) is 0 Å².